The number of carbonyl (C=O) groups excluding carboxylic acids is 1. The molecule has 128 valence electrons. The highest BCUT2D eigenvalue weighted by atomic mass is 16.5. The van der Waals surface area contributed by atoms with Gasteiger partial charge in [0.2, 0.25) is 0 Å². The molecule has 0 spiro atoms. The summed E-state index contributed by atoms with van der Waals surface area (Å²) in [6.07, 6.45) is 0. The fraction of sp³-hybridized carbons (Fsp3) is 0.278. The molecule has 0 bridgehead atoms. The molecular weight excluding hydrogens is 308 g/mol. The average Bonchev–Trinajstić information content (AvgIpc) is 2.59. The maximum absolute atomic E-state index is 11.8. The quantitative estimate of drug-likeness (QED) is 0.651. The number of methoxy groups -OCH3 is 1. The lowest BCUT2D eigenvalue weighted by atomic mass is 10.1. The van der Waals surface area contributed by atoms with Gasteiger partial charge in [-0.15, -0.1) is 0 Å². The van der Waals surface area contributed by atoms with Crippen LogP contribution >= 0.6 is 0 Å². The molecule has 0 atom stereocenters. The van der Waals surface area contributed by atoms with E-state index in [1.165, 1.54) is 14.2 Å². The van der Waals surface area contributed by atoms with Gasteiger partial charge in [0.1, 0.15) is 23.8 Å². The molecule has 2 N–H and O–H groups in total. The summed E-state index contributed by atoms with van der Waals surface area (Å²) in [6.45, 7) is 4.17. The lowest BCUT2D eigenvalue weighted by Gasteiger charge is -2.21. The van der Waals surface area contributed by atoms with Crippen LogP contribution in [0.25, 0.3) is 0 Å². The van der Waals surface area contributed by atoms with Crippen LogP contribution in [-0.4, -0.2) is 25.4 Å². The summed E-state index contributed by atoms with van der Waals surface area (Å²) in [7, 11) is 2.91. The second-order valence-corrected chi connectivity index (χ2v) is 5.39. The molecular formula is C18H22N2O4. The van der Waals surface area contributed by atoms with Crippen molar-refractivity contribution in [3.05, 3.63) is 53.1 Å². The number of hydrogen-bond donors (Lipinski definition) is 2. The van der Waals surface area contributed by atoms with E-state index in [2.05, 4.69) is 5.32 Å². The summed E-state index contributed by atoms with van der Waals surface area (Å²) >= 11 is 0. The van der Waals surface area contributed by atoms with Gasteiger partial charge in [0, 0.05) is 12.6 Å². The monoisotopic (exact) mass is 330 g/mol. The van der Waals surface area contributed by atoms with Crippen LogP contribution in [0.5, 0.6) is 11.5 Å². The van der Waals surface area contributed by atoms with Gasteiger partial charge in [-0.05, 0) is 31.5 Å². The normalized spacial score (nSPS) is 10.2. The minimum atomic E-state index is -0.660. The van der Waals surface area contributed by atoms with Crippen LogP contribution in [0.2, 0.25) is 0 Å². The predicted molar refractivity (Wildman–Crippen MR) is 92.0 cm³/mol. The van der Waals surface area contributed by atoms with Gasteiger partial charge in [0.15, 0.2) is 0 Å². The number of amides is 2. The number of ether oxygens (including phenoxy) is 2. The fourth-order valence-electron chi connectivity index (χ4n) is 2.41. The minimum absolute atomic E-state index is 0.185. The first-order valence-electron chi connectivity index (χ1n) is 7.54. The zero-order valence-corrected chi connectivity index (χ0v) is 14.3. The first-order valence-corrected chi connectivity index (χ1v) is 7.54. The van der Waals surface area contributed by atoms with Gasteiger partial charge in [0.25, 0.3) is 0 Å². The van der Waals surface area contributed by atoms with Gasteiger partial charge in [-0.25, -0.2) is 4.79 Å². The Hall–Kier alpha value is -2.73. The van der Waals surface area contributed by atoms with Gasteiger partial charge < -0.3 is 14.8 Å². The number of hydrogen-bond acceptors (Lipinski definition) is 4. The highest BCUT2D eigenvalue weighted by Gasteiger charge is 2.20. The van der Waals surface area contributed by atoms with E-state index in [-0.39, 0.29) is 12.3 Å². The molecule has 0 aliphatic carbocycles. The number of hydroxylamine groups is 1. The van der Waals surface area contributed by atoms with Crippen molar-refractivity contribution in [1.29, 1.82) is 0 Å². The zero-order valence-electron chi connectivity index (χ0n) is 14.3. The first-order chi connectivity index (χ1) is 11.5. The highest BCUT2D eigenvalue weighted by molar-refractivity contribution is 5.92. The van der Waals surface area contributed by atoms with Crippen LogP contribution in [-0.2, 0) is 6.61 Å². The van der Waals surface area contributed by atoms with Crippen LogP contribution in [0.4, 0.5) is 10.5 Å². The van der Waals surface area contributed by atoms with Gasteiger partial charge in [-0.1, -0.05) is 29.8 Å². The second kappa shape index (κ2) is 7.70. The van der Waals surface area contributed by atoms with Crippen LogP contribution in [0.15, 0.2) is 36.4 Å². The molecule has 2 aromatic rings. The summed E-state index contributed by atoms with van der Waals surface area (Å²) < 4.78 is 11.1. The van der Waals surface area contributed by atoms with E-state index in [1.807, 2.05) is 32.0 Å². The highest BCUT2D eigenvalue weighted by Crippen LogP contribution is 2.32. The van der Waals surface area contributed by atoms with E-state index in [0.29, 0.717) is 16.4 Å². The van der Waals surface area contributed by atoms with Crippen molar-refractivity contribution in [1.82, 2.24) is 5.32 Å². The standard InChI is InChI=1S/C18H22N2O4/c1-12-8-9-15(13(2)10-12)24-11-14-6-5-7-16(23-4)17(14)20(22)18(21)19-3/h5-10,22H,11H2,1-4H3,(H,19,21). The van der Waals surface area contributed by atoms with Gasteiger partial charge in [0.05, 0.1) is 7.11 Å². The summed E-state index contributed by atoms with van der Waals surface area (Å²) in [5.74, 6) is 1.13. The maximum atomic E-state index is 11.8. The van der Waals surface area contributed by atoms with Crippen molar-refractivity contribution < 1.29 is 19.5 Å². The SMILES string of the molecule is CNC(=O)N(O)c1c(COc2ccc(C)cc2C)cccc1OC. The van der Waals surface area contributed by atoms with Gasteiger partial charge >= 0.3 is 6.03 Å². The molecule has 0 fully saturated rings. The van der Waals surface area contributed by atoms with Crippen molar-refractivity contribution in [2.45, 2.75) is 20.5 Å². The van der Waals surface area contributed by atoms with E-state index in [1.54, 1.807) is 18.2 Å². The molecule has 24 heavy (non-hydrogen) atoms. The van der Waals surface area contributed by atoms with Crippen LogP contribution < -0.4 is 19.9 Å². The Morgan fingerprint density at radius 2 is 1.96 bits per heavy atom. The Labute approximate surface area is 141 Å². The molecule has 0 saturated carbocycles. The number of benzene rings is 2. The molecule has 0 unspecified atom stereocenters. The summed E-state index contributed by atoms with van der Waals surface area (Å²) in [5, 5.41) is 13.1. The average molecular weight is 330 g/mol. The van der Waals surface area contributed by atoms with Crippen molar-refractivity contribution in [2.75, 3.05) is 19.2 Å². The molecule has 6 nitrogen and oxygen atoms in total. The fourth-order valence-corrected chi connectivity index (χ4v) is 2.41. The van der Waals surface area contributed by atoms with Crippen molar-refractivity contribution in [2.24, 2.45) is 0 Å². The molecule has 2 aromatic carbocycles. The summed E-state index contributed by atoms with van der Waals surface area (Å²) in [6, 6.07) is 10.5. The molecule has 0 saturated heterocycles. The Morgan fingerprint density at radius 1 is 1.21 bits per heavy atom. The first kappa shape index (κ1) is 17.6. The van der Waals surface area contributed by atoms with Gasteiger partial charge in [-0.3, -0.25) is 5.21 Å². The molecule has 6 heteroatoms. The predicted octanol–water partition coefficient (Wildman–Crippen LogP) is 3.43. The molecule has 2 amide bonds. The molecule has 2 rings (SSSR count). The number of para-hydroxylation sites is 1. The molecule has 0 radical (unpaired) electrons. The lowest BCUT2D eigenvalue weighted by Crippen LogP contribution is -2.36. The molecule has 0 heterocycles. The number of aryl methyl sites for hydroxylation is 2. The number of rotatable bonds is 5. The van der Waals surface area contributed by atoms with Crippen molar-refractivity contribution >= 4 is 11.7 Å². The number of anilines is 1. The van der Waals surface area contributed by atoms with Crippen molar-refractivity contribution in [3.63, 3.8) is 0 Å². The second-order valence-electron chi connectivity index (χ2n) is 5.39. The lowest BCUT2D eigenvalue weighted by molar-refractivity contribution is 0.204. The van der Waals surface area contributed by atoms with Crippen molar-refractivity contribution in [3.8, 4) is 11.5 Å². The smallest absolute Gasteiger partial charge is 0.345 e. The number of urea groups is 1. The maximum Gasteiger partial charge on any atom is 0.345 e. The number of carbonyl (C=O) groups is 1. The Kier molecular flexibility index (Phi) is 5.65. The zero-order chi connectivity index (χ0) is 17.7. The molecule has 0 aromatic heterocycles. The molecule has 0 aliphatic rings. The Bertz CT molecular complexity index is 731. The third kappa shape index (κ3) is 3.78. The minimum Gasteiger partial charge on any atom is -0.494 e. The van der Waals surface area contributed by atoms with E-state index < -0.39 is 6.03 Å². The third-order valence-electron chi connectivity index (χ3n) is 3.63. The number of nitrogens with one attached hydrogen (secondary N) is 1. The van der Waals surface area contributed by atoms with Crippen LogP contribution in [0.3, 0.4) is 0 Å². The summed E-state index contributed by atoms with van der Waals surface area (Å²) in [5.41, 5.74) is 3.05. The van der Waals surface area contributed by atoms with Crippen LogP contribution in [0, 0.1) is 13.8 Å². The molecule has 0 aliphatic heterocycles. The number of nitrogens with zero attached hydrogens (tertiary/aromatic N) is 1. The van der Waals surface area contributed by atoms with Crippen LogP contribution in [0.1, 0.15) is 16.7 Å². The largest absolute Gasteiger partial charge is 0.494 e. The van der Waals surface area contributed by atoms with E-state index in [4.69, 9.17) is 9.47 Å². The Balaban J connectivity index is 2.31. The topological polar surface area (TPSA) is 71.0 Å². The summed E-state index contributed by atoms with van der Waals surface area (Å²) in [4.78, 5) is 11.8. The van der Waals surface area contributed by atoms with E-state index >= 15 is 0 Å². The Morgan fingerprint density at radius 3 is 2.58 bits per heavy atom. The van der Waals surface area contributed by atoms with E-state index in [0.717, 1.165) is 16.9 Å². The third-order valence-corrected chi connectivity index (χ3v) is 3.63. The van der Waals surface area contributed by atoms with E-state index in [9.17, 15) is 10.0 Å². The van der Waals surface area contributed by atoms with Gasteiger partial charge in [-0.2, -0.15) is 5.06 Å².